The third-order valence-electron chi connectivity index (χ3n) is 5.66. The largest absolute Gasteiger partial charge is 0.348 e. The molecule has 1 aliphatic rings. The number of rotatable bonds is 8. The summed E-state index contributed by atoms with van der Waals surface area (Å²) in [5.74, 6) is 0.753. The van der Waals surface area contributed by atoms with Gasteiger partial charge >= 0.3 is 0 Å². The van der Waals surface area contributed by atoms with Crippen LogP contribution in [0.15, 0.2) is 96.2 Å². The summed E-state index contributed by atoms with van der Waals surface area (Å²) in [4.78, 5) is 17.6. The van der Waals surface area contributed by atoms with Crippen molar-refractivity contribution in [3.8, 4) is 22.5 Å². The van der Waals surface area contributed by atoms with Gasteiger partial charge in [0.15, 0.2) is 0 Å². The Morgan fingerprint density at radius 3 is 2.00 bits per heavy atom. The van der Waals surface area contributed by atoms with Gasteiger partial charge in [-0.15, -0.1) is 10.2 Å². The summed E-state index contributed by atoms with van der Waals surface area (Å²) in [7, 11) is 0. The second-order valence-electron chi connectivity index (χ2n) is 8.11. The van der Waals surface area contributed by atoms with E-state index in [0.717, 1.165) is 40.9 Å². The van der Waals surface area contributed by atoms with E-state index in [9.17, 15) is 4.79 Å². The third kappa shape index (κ3) is 5.29. The number of hydrogen-bond donors (Lipinski definition) is 1. The molecule has 1 heterocycles. The minimum atomic E-state index is -0.0160. The monoisotopic (exact) mass is 452 g/mol. The van der Waals surface area contributed by atoms with Gasteiger partial charge in [0.1, 0.15) is 11.4 Å². The van der Waals surface area contributed by atoms with Gasteiger partial charge in [0.25, 0.3) is 0 Å². The maximum atomic E-state index is 12.8. The lowest BCUT2D eigenvalue weighted by Gasteiger charge is -2.18. The molecule has 1 aromatic heterocycles. The Morgan fingerprint density at radius 2 is 1.39 bits per heavy atom. The maximum Gasteiger partial charge on any atom is 0.230 e. The van der Waals surface area contributed by atoms with Crippen molar-refractivity contribution >= 4 is 17.7 Å². The van der Waals surface area contributed by atoms with Crippen LogP contribution in [0.5, 0.6) is 0 Å². The summed E-state index contributed by atoms with van der Waals surface area (Å²) < 4.78 is 0. The van der Waals surface area contributed by atoms with Crippen LogP contribution in [0.1, 0.15) is 24.4 Å². The normalized spacial score (nSPS) is 13.9. The number of hydrogen-bond acceptors (Lipinski definition) is 5. The first-order valence-corrected chi connectivity index (χ1v) is 12.1. The molecule has 33 heavy (non-hydrogen) atoms. The van der Waals surface area contributed by atoms with Crippen LogP contribution in [-0.4, -0.2) is 26.8 Å². The highest BCUT2D eigenvalue weighted by molar-refractivity contribution is 7.99. The number of nitrogens with one attached hydrogen (secondary N) is 1. The van der Waals surface area contributed by atoms with Crippen LogP contribution in [0.3, 0.4) is 0 Å². The van der Waals surface area contributed by atoms with Crippen molar-refractivity contribution in [3.05, 3.63) is 96.6 Å². The van der Waals surface area contributed by atoms with Gasteiger partial charge in [-0.25, -0.2) is 4.98 Å². The van der Waals surface area contributed by atoms with E-state index in [1.807, 2.05) is 78.9 Å². The van der Waals surface area contributed by atoms with Gasteiger partial charge in [-0.3, -0.25) is 4.79 Å². The summed E-state index contributed by atoms with van der Waals surface area (Å²) in [5.41, 5.74) is 4.58. The van der Waals surface area contributed by atoms with Crippen molar-refractivity contribution in [1.82, 2.24) is 20.5 Å². The Kier molecular flexibility index (Phi) is 6.44. The number of benzene rings is 3. The second-order valence-corrected chi connectivity index (χ2v) is 9.05. The second kappa shape index (κ2) is 9.96. The van der Waals surface area contributed by atoms with E-state index >= 15 is 0 Å². The fraction of sp³-hybridized carbons (Fsp3) is 0.185. The molecule has 1 atom stereocenters. The first-order valence-electron chi connectivity index (χ1n) is 11.1. The van der Waals surface area contributed by atoms with Gasteiger partial charge in [-0.05, 0) is 24.3 Å². The Morgan fingerprint density at radius 1 is 0.818 bits per heavy atom. The molecule has 0 radical (unpaired) electrons. The minimum absolute atomic E-state index is 0.0160. The standard InChI is InChI=1S/C27H24N4OS/c32-23(28-24(22-16-17-22)19-10-4-1-5-11-19)18-33-27-29-25(20-12-6-2-7-13-20)26(30-31-27)21-14-8-3-9-15-21/h1-15,22,24H,16-18H2,(H,28,32). The lowest BCUT2D eigenvalue weighted by atomic mass is 10.0. The van der Waals surface area contributed by atoms with Crippen molar-refractivity contribution < 1.29 is 4.79 Å². The fourth-order valence-corrected chi connectivity index (χ4v) is 4.47. The third-order valence-corrected chi connectivity index (χ3v) is 6.50. The fourth-order valence-electron chi connectivity index (χ4n) is 3.87. The highest BCUT2D eigenvalue weighted by Gasteiger charge is 2.33. The quantitative estimate of drug-likeness (QED) is 0.354. The number of carbonyl (C=O) groups excluding carboxylic acids is 1. The van der Waals surface area contributed by atoms with Crippen molar-refractivity contribution in [1.29, 1.82) is 0 Å². The van der Waals surface area contributed by atoms with Crippen LogP contribution < -0.4 is 5.32 Å². The van der Waals surface area contributed by atoms with Crippen LogP contribution in [0, 0.1) is 5.92 Å². The molecule has 3 aromatic carbocycles. The number of amides is 1. The molecule has 0 saturated heterocycles. The van der Waals surface area contributed by atoms with Crippen molar-refractivity contribution in [2.24, 2.45) is 5.92 Å². The molecule has 0 spiro atoms. The van der Waals surface area contributed by atoms with Crippen molar-refractivity contribution in [2.75, 3.05) is 5.75 Å². The molecule has 1 saturated carbocycles. The number of nitrogens with zero attached hydrogens (tertiary/aromatic N) is 3. The van der Waals surface area contributed by atoms with Crippen LogP contribution in [0.25, 0.3) is 22.5 Å². The number of carbonyl (C=O) groups is 1. The summed E-state index contributed by atoms with van der Waals surface area (Å²) >= 11 is 1.31. The predicted octanol–water partition coefficient (Wildman–Crippen LogP) is 5.57. The smallest absolute Gasteiger partial charge is 0.230 e. The van der Waals surface area contributed by atoms with E-state index in [4.69, 9.17) is 4.98 Å². The molecule has 5 nitrogen and oxygen atoms in total. The Hall–Kier alpha value is -3.51. The summed E-state index contributed by atoms with van der Waals surface area (Å²) in [5, 5.41) is 12.5. The van der Waals surface area contributed by atoms with E-state index in [2.05, 4.69) is 27.6 Å². The summed E-state index contributed by atoms with van der Waals surface area (Å²) in [6, 6.07) is 30.1. The van der Waals surface area contributed by atoms with Gasteiger partial charge in [-0.1, -0.05) is 103 Å². The van der Waals surface area contributed by atoms with Gasteiger partial charge in [0.05, 0.1) is 11.8 Å². The number of thioether (sulfide) groups is 1. The molecule has 1 amide bonds. The molecule has 1 unspecified atom stereocenters. The lowest BCUT2D eigenvalue weighted by Crippen LogP contribution is -2.31. The minimum Gasteiger partial charge on any atom is -0.348 e. The highest BCUT2D eigenvalue weighted by atomic mass is 32.2. The molecule has 1 N–H and O–H groups in total. The summed E-state index contributed by atoms with van der Waals surface area (Å²) in [6.45, 7) is 0. The van der Waals surface area contributed by atoms with E-state index in [1.165, 1.54) is 11.8 Å². The maximum absolute atomic E-state index is 12.8. The molecular weight excluding hydrogens is 428 g/mol. The van der Waals surface area contributed by atoms with Crippen molar-refractivity contribution in [3.63, 3.8) is 0 Å². The lowest BCUT2D eigenvalue weighted by molar-refractivity contribution is -0.119. The molecule has 1 aliphatic carbocycles. The Labute approximate surface area is 197 Å². The van der Waals surface area contributed by atoms with Crippen LogP contribution in [0.2, 0.25) is 0 Å². The zero-order valence-corrected chi connectivity index (χ0v) is 18.9. The molecule has 1 fully saturated rings. The van der Waals surface area contributed by atoms with Crippen LogP contribution in [-0.2, 0) is 4.79 Å². The average Bonchev–Trinajstić information content (AvgIpc) is 3.73. The van der Waals surface area contributed by atoms with Crippen molar-refractivity contribution in [2.45, 2.75) is 24.0 Å². The zero-order valence-electron chi connectivity index (χ0n) is 18.1. The first-order chi connectivity index (χ1) is 16.3. The van der Waals surface area contributed by atoms with E-state index < -0.39 is 0 Å². The Bertz CT molecular complexity index is 1210. The first kappa shape index (κ1) is 21.3. The van der Waals surface area contributed by atoms with E-state index in [1.54, 1.807) is 0 Å². The van der Waals surface area contributed by atoms with Gasteiger partial charge in [0.2, 0.25) is 11.1 Å². The van der Waals surface area contributed by atoms with Gasteiger partial charge in [0, 0.05) is 11.1 Å². The van der Waals surface area contributed by atoms with Gasteiger partial charge < -0.3 is 5.32 Å². The molecule has 164 valence electrons. The molecule has 0 bridgehead atoms. The average molecular weight is 453 g/mol. The molecule has 0 aliphatic heterocycles. The van der Waals surface area contributed by atoms with Crippen LogP contribution in [0.4, 0.5) is 0 Å². The highest BCUT2D eigenvalue weighted by Crippen LogP contribution is 2.41. The topological polar surface area (TPSA) is 67.8 Å². The number of aromatic nitrogens is 3. The Balaban J connectivity index is 1.33. The van der Waals surface area contributed by atoms with E-state index in [-0.39, 0.29) is 17.7 Å². The SMILES string of the molecule is O=C(CSc1nnc(-c2ccccc2)c(-c2ccccc2)n1)NC(c1ccccc1)C1CC1. The molecular formula is C27H24N4OS. The zero-order chi connectivity index (χ0) is 22.5. The van der Waals surface area contributed by atoms with E-state index in [0.29, 0.717) is 11.1 Å². The molecule has 4 aromatic rings. The predicted molar refractivity (Wildman–Crippen MR) is 131 cm³/mol. The van der Waals surface area contributed by atoms with Crippen LogP contribution >= 0.6 is 11.8 Å². The molecule has 5 rings (SSSR count). The van der Waals surface area contributed by atoms with Gasteiger partial charge in [-0.2, -0.15) is 0 Å². The molecule has 6 heteroatoms. The summed E-state index contributed by atoms with van der Waals surface area (Å²) in [6.07, 6.45) is 2.31.